The molecule has 0 amide bonds. The van der Waals surface area contributed by atoms with Crippen LogP contribution in [0.15, 0.2) is 12.3 Å². The van der Waals surface area contributed by atoms with Gasteiger partial charge >= 0.3 is 5.97 Å². The van der Waals surface area contributed by atoms with E-state index in [1.165, 1.54) is 6.20 Å². The summed E-state index contributed by atoms with van der Waals surface area (Å²) in [7, 11) is -3.02. The highest BCUT2D eigenvalue weighted by Gasteiger charge is 2.07. The van der Waals surface area contributed by atoms with Crippen molar-refractivity contribution in [3.8, 4) is 0 Å². The predicted molar refractivity (Wildman–Crippen MR) is 49.1 cm³/mol. The minimum atomic E-state index is -3.02. The van der Waals surface area contributed by atoms with Crippen molar-refractivity contribution < 1.29 is 18.3 Å². The zero-order valence-electron chi connectivity index (χ0n) is 7.52. The zero-order valence-corrected chi connectivity index (χ0v) is 8.34. The van der Waals surface area contributed by atoms with Crippen molar-refractivity contribution in [1.82, 2.24) is 5.32 Å². The Hall–Kier alpha value is -1.04. The Balaban J connectivity index is 3.90. The molecule has 0 aliphatic carbocycles. The van der Waals surface area contributed by atoms with Gasteiger partial charge in [0.05, 0.1) is 5.75 Å². The van der Waals surface area contributed by atoms with Gasteiger partial charge in [0.2, 0.25) is 0 Å². The second kappa shape index (κ2) is 4.86. The largest absolute Gasteiger partial charge is 0.478 e. The summed E-state index contributed by atoms with van der Waals surface area (Å²) < 4.78 is 21.5. The standard InChI is InChI=1S/C7H13NO4S/c1-6(5-13(2,11)12)8-4-3-7(9)10/h3-4,6,8H,5H2,1-2H3,(H,9,10)/b4-3+. The lowest BCUT2D eigenvalue weighted by atomic mass is 10.4. The topological polar surface area (TPSA) is 83.5 Å². The smallest absolute Gasteiger partial charge is 0.329 e. The van der Waals surface area contributed by atoms with E-state index < -0.39 is 15.8 Å². The van der Waals surface area contributed by atoms with Gasteiger partial charge < -0.3 is 10.4 Å². The number of carboxylic acid groups (broad SMARTS) is 1. The first kappa shape index (κ1) is 12.0. The van der Waals surface area contributed by atoms with E-state index in [-0.39, 0.29) is 11.8 Å². The molecule has 0 saturated carbocycles. The van der Waals surface area contributed by atoms with Crippen molar-refractivity contribution in [2.45, 2.75) is 13.0 Å². The van der Waals surface area contributed by atoms with Crippen LogP contribution in [0.2, 0.25) is 0 Å². The van der Waals surface area contributed by atoms with E-state index in [0.29, 0.717) is 0 Å². The van der Waals surface area contributed by atoms with Crippen molar-refractivity contribution in [3.05, 3.63) is 12.3 Å². The summed E-state index contributed by atoms with van der Waals surface area (Å²) in [5.41, 5.74) is 0. The summed E-state index contributed by atoms with van der Waals surface area (Å²) in [5.74, 6) is -1.09. The van der Waals surface area contributed by atoms with Gasteiger partial charge in [0.15, 0.2) is 0 Å². The molecule has 76 valence electrons. The van der Waals surface area contributed by atoms with Gasteiger partial charge in [-0.05, 0) is 6.92 Å². The Morgan fingerprint density at radius 3 is 2.54 bits per heavy atom. The molecule has 0 aromatic rings. The third-order valence-electron chi connectivity index (χ3n) is 1.16. The van der Waals surface area contributed by atoms with Crippen LogP contribution in [-0.4, -0.2) is 37.5 Å². The molecule has 0 bridgehead atoms. The number of hydrogen-bond donors (Lipinski definition) is 2. The summed E-state index contributed by atoms with van der Waals surface area (Å²) in [5, 5.41) is 10.8. The van der Waals surface area contributed by atoms with Crippen molar-refractivity contribution in [3.63, 3.8) is 0 Å². The molecule has 0 radical (unpaired) electrons. The van der Waals surface area contributed by atoms with Crippen molar-refractivity contribution in [2.75, 3.05) is 12.0 Å². The highest BCUT2D eigenvalue weighted by atomic mass is 32.2. The Kier molecular flexibility index (Phi) is 4.47. The normalized spacial score (nSPS) is 14.3. The Labute approximate surface area is 77.4 Å². The summed E-state index contributed by atoms with van der Waals surface area (Å²) in [4.78, 5) is 10.0. The second-order valence-electron chi connectivity index (χ2n) is 2.83. The maximum atomic E-state index is 10.8. The third-order valence-corrected chi connectivity index (χ3v) is 2.26. The van der Waals surface area contributed by atoms with Gasteiger partial charge in [0.1, 0.15) is 9.84 Å². The first-order valence-electron chi connectivity index (χ1n) is 3.64. The van der Waals surface area contributed by atoms with Gasteiger partial charge in [-0.3, -0.25) is 0 Å². The number of sulfone groups is 1. The molecule has 13 heavy (non-hydrogen) atoms. The first-order valence-corrected chi connectivity index (χ1v) is 5.70. The lowest BCUT2D eigenvalue weighted by molar-refractivity contribution is -0.131. The average molecular weight is 207 g/mol. The fraction of sp³-hybridized carbons (Fsp3) is 0.571. The van der Waals surface area contributed by atoms with Crippen LogP contribution in [0.25, 0.3) is 0 Å². The average Bonchev–Trinajstić information content (AvgIpc) is 1.81. The minimum absolute atomic E-state index is 0.0169. The highest BCUT2D eigenvalue weighted by Crippen LogP contribution is 1.89. The SMILES string of the molecule is CC(CS(C)(=O)=O)N/C=C/C(=O)O. The van der Waals surface area contributed by atoms with Gasteiger partial charge in [0, 0.05) is 24.6 Å². The van der Waals surface area contributed by atoms with E-state index in [9.17, 15) is 13.2 Å². The molecule has 0 spiro atoms. The Morgan fingerprint density at radius 1 is 1.62 bits per heavy atom. The lowest BCUT2D eigenvalue weighted by Crippen LogP contribution is -2.28. The minimum Gasteiger partial charge on any atom is -0.478 e. The number of nitrogens with one attached hydrogen (secondary N) is 1. The molecule has 0 aromatic heterocycles. The maximum Gasteiger partial charge on any atom is 0.329 e. The molecule has 0 fully saturated rings. The van der Waals surface area contributed by atoms with Crippen molar-refractivity contribution in [2.24, 2.45) is 0 Å². The van der Waals surface area contributed by atoms with E-state index in [1.807, 2.05) is 0 Å². The number of aliphatic carboxylic acids is 1. The Morgan fingerprint density at radius 2 is 2.15 bits per heavy atom. The number of carbonyl (C=O) groups is 1. The number of carboxylic acids is 1. The van der Waals surface area contributed by atoms with Crippen LogP contribution in [0.4, 0.5) is 0 Å². The van der Waals surface area contributed by atoms with Crippen LogP contribution >= 0.6 is 0 Å². The summed E-state index contributed by atoms with van der Waals surface area (Å²) >= 11 is 0. The third kappa shape index (κ3) is 8.87. The molecule has 0 aliphatic rings. The van der Waals surface area contributed by atoms with Gasteiger partial charge in [-0.1, -0.05) is 0 Å². The van der Waals surface area contributed by atoms with E-state index in [4.69, 9.17) is 5.11 Å². The highest BCUT2D eigenvalue weighted by molar-refractivity contribution is 7.90. The molecular formula is C7H13NO4S. The molecule has 0 aliphatic heterocycles. The number of hydrogen-bond acceptors (Lipinski definition) is 4. The van der Waals surface area contributed by atoms with Gasteiger partial charge in [0.25, 0.3) is 0 Å². The lowest BCUT2D eigenvalue weighted by Gasteiger charge is -2.08. The molecule has 1 unspecified atom stereocenters. The van der Waals surface area contributed by atoms with Crippen LogP contribution < -0.4 is 5.32 Å². The number of rotatable bonds is 5. The predicted octanol–water partition coefficient (Wildman–Crippen LogP) is -0.393. The van der Waals surface area contributed by atoms with Crippen LogP contribution in [0.1, 0.15) is 6.92 Å². The van der Waals surface area contributed by atoms with Crippen LogP contribution in [0.5, 0.6) is 0 Å². The zero-order chi connectivity index (χ0) is 10.5. The van der Waals surface area contributed by atoms with Crippen LogP contribution in [-0.2, 0) is 14.6 Å². The van der Waals surface area contributed by atoms with Crippen LogP contribution in [0, 0.1) is 0 Å². The molecule has 0 heterocycles. The molecule has 5 nitrogen and oxygen atoms in total. The second-order valence-corrected chi connectivity index (χ2v) is 5.02. The fourth-order valence-corrected chi connectivity index (χ4v) is 1.79. The van der Waals surface area contributed by atoms with Crippen LogP contribution in [0.3, 0.4) is 0 Å². The molecule has 2 N–H and O–H groups in total. The summed E-state index contributed by atoms with van der Waals surface area (Å²) in [6, 6.07) is -0.286. The maximum absolute atomic E-state index is 10.8. The molecule has 6 heteroatoms. The van der Waals surface area contributed by atoms with Crippen molar-refractivity contribution >= 4 is 15.8 Å². The summed E-state index contributed by atoms with van der Waals surface area (Å²) in [6.07, 6.45) is 3.27. The van der Waals surface area contributed by atoms with E-state index in [0.717, 1.165) is 12.3 Å². The molecule has 1 atom stereocenters. The van der Waals surface area contributed by atoms with Gasteiger partial charge in [-0.2, -0.15) is 0 Å². The van der Waals surface area contributed by atoms with Crippen molar-refractivity contribution in [1.29, 1.82) is 0 Å². The first-order chi connectivity index (χ1) is 5.81. The van der Waals surface area contributed by atoms with E-state index in [2.05, 4.69) is 5.32 Å². The molecule has 0 aromatic carbocycles. The molecule has 0 saturated heterocycles. The molecular weight excluding hydrogens is 194 g/mol. The quantitative estimate of drug-likeness (QED) is 0.600. The fourth-order valence-electron chi connectivity index (χ4n) is 0.786. The van der Waals surface area contributed by atoms with Gasteiger partial charge in [-0.15, -0.1) is 0 Å². The monoisotopic (exact) mass is 207 g/mol. The van der Waals surface area contributed by atoms with E-state index in [1.54, 1.807) is 6.92 Å². The Bertz CT molecular complexity index is 294. The van der Waals surface area contributed by atoms with Gasteiger partial charge in [-0.25, -0.2) is 13.2 Å². The summed E-state index contributed by atoms with van der Waals surface area (Å²) in [6.45, 7) is 1.66. The molecule has 0 rings (SSSR count). The van der Waals surface area contributed by atoms with E-state index >= 15 is 0 Å².